The number of allylic oxidation sites excluding steroid dienone is 1. The van der Waals surface area contributed by atoms with Gasteiger partial charge in [0.2, 0.25) is 0 Å². The van der Waals surface area contributed by atoms with E-state index in [2.05, 4.69) is 21.5 Å². The molecule has 0 radical (unpaired) electrons. The van der Waals surface area contributed by atoms with Gasteiger partial charge in [-0.2, -0.15) is 0 Å². The summed E-state index contributed by atoms with van der Waals surface area (Å²) in [6.45, 7) is 5.45. The standard InChI is InChI=1S/C8H8N4O/c1-5(2)12-6-3-9-4-10-7(6)11-8(12)13/h3-4H,1H2,2H3,(H,9,10,11,13). The fourth-order valence-electron chi connectivity index (χ4n) is 1.23. The van der Waals surface area contributed by atoms with E-state index < -0.39 is 0 Å². The highest BCUT2D eigenvalue weighted by Crippen LogP contribution is 2.07. The first kappa shape index (κ1) is 7.72. The molecular formula is C8H8N4O. The van der Waals surface area contributed by atoms with E-state index in [1.165, 1.54) is 10.9 Å². The first-order valence-corrected chi connectivity index (χ1v) is 3.77. The van der Waals surface area contributed by atoms with Crippen molar-refractivity contribution in [2.75, 3.05) is 0 Å². The number of hydrogen-bond acceptors (Lipinski definition) is 3. The van der Waals surface area contributed by atoms with E-state index in [0.717, 1.165) is 0 Å². The molecule has 0 aliphatic heterocycles. The molecule has 0 bridgehead atoms. The highest BCUT2D eigenvalue weighted by Gasteiger charge is 2.06. The molecular weight excluding hydrogens is 168 g/mol. The lowest BCUT2D eigenvalue weighted by Gasteiger charge is -1.97. The van der Waals surface area contributed by atoms with Gasteiger partial charge in [0.15, 0.2) is 5.65 Å². The molecule has 0 aliphatic carbocycles. The molecule has 2 heterocycles. The van der Waals surface area contributed by atoms with Crippen molar-refractivity contribution < 1.29 is 0 Å². The minimum Gasteiger partial charge on any atom is -0.290 e. The van der Waals surface area contributed by atoms with Gasteiger partial charge in [-0.15, -0.1) is 0 Å². The summed E-state index contributed by atoms with van der Waals surface area (Å²) in [4.78, 5) is 21.7. The number of imidazole rings is 1. The Hall–Kier alpha value is -1.91. The van der Waals surface area contributed by atoms with Crippen molar-refractivity contribution in [3.8, 4) is 0 Å². The summed E-state index contributed by atoms with van der Waals surface area (Å²) in [6.07, 6.45) is 2.97. The maximum absolute atomic E-state index is 11.4. The van der Waals surface area contributed by atoms with Crippen LogP contribution in [0.5, 0.6) is 0 Å². The molecule has 0 saturated carbocycles. The average molecular weight is 176 g/mol. The quantitative estimate of drug-likeness (QED) is 0.692. The second kappa shape index (κ2) is 2.55. The first-order valence-electron chi connectivity index (χ1n) is 3.77. The van der Waals surface area contributed by atoms with Crippen molar-refractivity contribution in [1.29, 1.82) is 0 Å². The number of rotatable bonds is 1. The third-order valence-electron chi connectivity index (χ3n) is 1.74. The molecule has 0 fully saturated rings. The van der Waals surface area contributed by atoms with Gasteiger partial charge >= 0.3 is 5.69 Å². The largest absolute Gasteiger partial charge is 0.332 e. The molecule has 0 aromatic carbocycles. The molecule has 5 nitrogen and oxygen atoms in total. The van der Waals surface area contributed by atoms with Gasteiger partial charge in [0, 0.05) is 5.70 Å². The van der Waals surface area contributed by atoms with Gasteiger partial charge in [-0.1, -0.05) is 6.58 Å². The van der Waals surface area contributed by atoms with Crippen molar-refractivity contribution >= 4 is 16.9 Å². The van der Waals surface area contributed by atoms with Crippen molar-refractivity contribution in [1.82, 2.24) is 19.5 Å². The Labute approximate surface area is 73.8 Å². The lowest BCUT2D eigenvalue weighted by atomic mass is 10.5. The topological polar surface area (TPSA) is 63.6 Å². The SMILES string of the molecule is C=C(C)n1c(=O)[nH]c2ncncc21. The molecule has 0 saturated heterocycles. The van der Waals surface area contributed by atoms with Crippen LogP contribution in [-0.4, -0.2) is 19.5 Å². The van der Waals surface area contributed by atoms with Gasteiger partial charge < -0.3 is 0 Å². The molecule has 13 heavy (non-hydrogen) atoms. The smallest absolute Gasteiger partial charge is 0.290 e. The van der Waals surface area contributed by atoms with Crippen LogP contribution in [-0.2, 0) is 0 Å². The Bertz CT molecular complexity index is 522. The molecule has 5 heteroatoms. The Morgan fingerprint density at radius 3 is 3.15 bits per heavy atom. The molecule has 2 aromatic rings. The molecule has 0 spiro atoms. The monoisotopic (exact) mass is 176 g/mol. The van der Waals surface area contributed by atoms with Gasteiger partial charge in [-0.3, -0.25) is 9.55 Å². The molecule has 2 aromatic heterocycles. The molecule has 0 amide bonds. The maximum atomic E-state index is 11.4. The fraction of sp³-hybridized carbons (Fsp3) is 0.125. The zero-order valence-corrected chi connectivity index (χ0v) is 7.11. The van der Waals surface area contributed by atoms with Gasteiger partial charge in [0.05, 0.1) is 6.20 Å². The molecule has 0 aliphatic rings. The number of fused-ring (bicyclic) bond motifs is 1. The third kappa shape index (κ3) is 1.05. The third-order valence-corrected chi connectivity index (χ3v) is 1.74. The van der Waals surface area contributed by atoms with Crippen LogP contribution in [0, 0.1) is 0 Å². The van der Waals surface area contributed by atoms with Crippen LogP contribution in [0.4, 0.5) is 0 Å². The zero-order valence-electron chi connectivity index (χ0n) is 7.11. The van der Waals surface area contributed by atoms with Crippen molar-refractivity contribution in [2.45, 2.75) is 6.92 Å². The fourth-order valence-corrected chi connectivity index (χ4v) is 1.23. The van der Waals surface area contributed by atoms with Crippen LogP contribution < -0.4 is 5.69 Å². The summed E-state index contributed by atoms with van der Waals surface area (Å²) in [7, 11) is 0. The van der Waals surface area contributed by atoms with Crippen LogP contribution in [0.2, 0.25) is 0 Å². The summed E-state index contributed by atoms with van der Waals surface area (Å²) in [6, 6.07) is 0. The highest BCUT2D eigenvalue weighted by molar-refractivity contribution is 5.73. The zero-order chi connectivity index (χ0) is 9.42. The number of nitrogens with one attached hydrogen (secondary N) is 1. The number of nitrogens with zero attached hydrogens (tertiary/aromatic N) is 3. The molecule has 1 N–H and O–H groups in total. The summed E-state index contributed by atoms with van der Waals surface area (Å²) in [5.74, 6) is 0. The average Bonchev–Trinajstić information content (AvgIpc) is 2.39. The van der Waals surface area contributed by atoms with Crippen LogP contribution in [0.3, 0.4) is 0 Å². The predicted molar refractivity (Wildman–Crippen MR) is 49.2 cm³/mol. The lowest BCUT2D eigenvalue weighted by molar-refractivity contribution is 1.03. The Morgan fingerprint density at radius 1 is 1.69 bits per heavy atom. The van der Waals surface area contributed by atoms with E-state index >= 15 is 0 Å². The lowest BCUT2D eigenvalue weighted by Crippen LogP contribution is -2.13. The Morgan fingerprint density at radius 2 is 2.46 bits per heavy atom. The van der Waals surface area contributed by atoms with Crippen LogP contribution in [0.1, 0.15) is 6.92 Å². The van der Waals surface area contributed by atoms with Crippen molar-refractivity contribution in [2.24, 2.45) is 0 Å². The van der Waals surface area contributed by atoms with E-state index in [4.69, 9.17) is 0 Å². The minimum absolute atomic E-state index is 0.233. The number of hydrogen-bond donors (Lipinski definition) is 1. The molecule has 66 valence electrons. The summed E-state index contributed by atoms with van der Waals surface area (Å²) >= 11 is 0. The van der Waals surface area contributed by atoms with Gasteiger partial charge in [-0.25, -0.2) is 14.8 Å². The Kier molecular flexibility index (Phi) is 1.51. The number of aromatic nitrogens is 4. The minimum atomic E-state index is -0.233. The van der Waals surface area contributed by atoms with Gasteiger partial charge in [0.1, 0.15) is 11.8 Å². The van der Waals surface area contributed by atoms with Gasteiger partial charge in [0.25, 0.3) is 0 Å². The first-order chi connectivity index (χ1) is 6.20. The second-order valence-corrected chi connectivity index (χ2v) is 2.76. The summed E-state index contributed by atoms with van der Waals surface area (Å²) in [5, 5.41) is 0. The number of aromatic amines is 1. The van der Waals surface area contributed by atoms with E-state index in [1.54, 1.807) is 13.1 Å². The molecule has 2 rings (SSSR count). The maximum Gasteiger partial charge on any atom is 0.332 e. The molecule has 0 atom stereocenters. The van der Waals surface area contributed by atoms with E-state index in [0.29, 0.717) is 16.9 Å². The normalized spacial score (nSPS) is 10.5. The Balaban J connectivity index is 2.95. The highest BCUT2D eigenvalue weighted by atomic mass is 16.1. The number of H-pyrrole nitrogens is 1. The predicted octanol–water partition coefficient (Wildman–Crippen LogP) is 0.610. The summed E-state index contributed by atoms with van der Waals surface area (Å²) < 4.78 is 1.44. The van der Waals surface area contributed by atoms with E-state index in [9.17, 15) is 4.79 Å². The van der Waals surface area contributed by atoms with Gasteiger partial charge in [-0.05, 0) is 6.92 Å². The van der Waals surface area contributed by atoms with E-state index in [-0.39, 0.29) is 5.69 Å². The van der Waals surface area contributed by atoms with E-state index in [1.807, 2.05) is 0 Å². The van der Waals surface area contributed by atoms with Crippen molar-refractivity contribution in [3.63, 3.8) is 0 Å². The second-order valence-electron chi connectivity index (χ2n) is 2.76. The summed E-state index contributed by atoms with van der Waals surface area (Å²) in [5.41, 5.74) is 1.59. The van der Waals surface area contributed by atoms with Crippen molar-refractivity contribution in [3.05, 3.63) is 29.6 Å². The van der Waals surface area contributed by atoms with Crippen LogP contribution >= 0.6 is 0 Å². The van der Waals surface area contributed by atoms with Crippen LogP contribution in [0.15, 0.2) is 23.9 Å². The van der Waals surface area contributed by atoms with Crippen LogP contribution in [0.25, 0.3) is 16.9 Å². The molecule has 0 unspecified atom stereocenters.